The van der Waals surface area contributed by atoms with Gasteiger partial charge in [0.1, 0.15) is 11.3 Å². The first-order valence-corrected chi connectivity index (χ1v) is 7.92. The summed E-state index contributed by atoms with van der Waals surface area (Å²) in [4.78, 5) is 5.75. The molecule has 3 rings (SSSR count). The first kappa shape index (κ1) is 13.8. The molecule has 1 aliphatic heterocycles. The van der Waals surface area contributed by atoms with Crippen LogP contribution in [0.4, 0.5) is 13.2 Å². The second-order valence-corrected chi connectivity index (χ2v) is 6.88. The Labute approximate surface area is 122 Å². The topological polar surface area (TPSA) is 12.4 Å². The largest absolute Gasteiger partial charge is 0.433 e. The zero-order chi connectivity index (χ0) is 14.5. The highest BCUT2D eigenvalue weighted by atomic mass is 32.1. The number of thiophene rings is 2. The Hall–Kier alpha value is -1.14. The quantitative estimate of drug-likeness (QED) is 0.733. The van der Waals surface area contributed by atoms with E-state index in [1.54, 1.807) is 5.38 Å². The van der Waals surface area contributed by atoms with Crippen molar-refractivity contribution in [2.24, 2.45) is 10.9 Å². The molecule has 0 saturated heterocycles. The van der Waals surface area contributed by atoms with Crippen LogP contribution in [-0.4, -0.2) is 11.9 Å². The zero-order valence-corrected chi connectivity index (χ0v) is 12.5. The third-order valence-electron chi connectivity index (χ3n) is 3.56. The van der Waals surface area contributed by atoms with Gasteiger partial charge in [0.2, 0.25) is 0 Å². The van der Waals surface area contributed by atoms with E-state index in [1.807, 2.05) is 31.4 Å². The fourth-order valence-electron chi connectivity index (χ4n) is 2.63. The van der Waals surface area contributed by atoms with Crippen LogP contribution < -0.4 is 0 Å². The van der Waals surface area contributed by atoms with Gasteiger partial charge in [0.05, 0.1) is 0 Å². The van der Waals surface area contributed by atoms with Crippen LogP contribution in [0.15, 0.2) is 34.0 Å². The van der Waals surface area contributed by atoms with Crippen molar-refractivity contribution in [3.8, 4) is 0 Å². The Kier molecular flexibility index (Phi) is 3.06. The summed E-state index contributed by atoms with van der Waals surface area (Å²) in [5, 5.41) is 3.60. The van der Waals surface area contributed by atoms with Crippen LogP contribution in [0.2, 0.25) is 0 Å². The van der Waals surface area contributed by atoms with Gasteiger partial charge in [0.25, 0.3) is 0 Å². The van der Waals surface area contributed by atoms with Crippen LogP contribution in [0.5, 0.6) is 0 Å². The lowest BCUT2D eigenvalue weighted by molar-refractivity contribution is -0.0582. The second-order valence-electron chi connectivity index (χ2n) is 5.02. The summed E-state index contributed by atoms with van der Waals surface area (Å²) in [6, 6.07) is 5.26. The Morgan fingerprint density at radius 3 is 2.45 bits per heavy atom. The van der Waals surface area contributed by atoms with Gasteiger partial charge in [-0.25, -0.2) is 0 Å². The van der Waals surface area contributed by atoms with Gasteiger partial charge in [-0.2, -0.15) is 13.2 Å². The van der Waals surface area contributed by atoms with Gasteiger partial charge in [-0.3, -0.25) is 4.99 Å². The first-order chi connectivity index (χ1) is 9.37. The molecule has 0 amide bonds. The molecule has 2 aromatic rings. The smallest absolute Gasteiger partial charge is 0.261 e. The van der Waals surface area contributed by atoms with Gasteiger partial charge in [-0.05, 0) is 28.8 Å². The van der Waals surface area contributed by atoms with E-state index in [1.165, 1.54) is 28.7 Å². The third-order valence-corrected chi connectivity index (χ3v) is 5.59. The summed E-state index contributed by atoms with van der Waals surface area (Å²) in [5.74, 6) is -0.0431. The Morgan fingerprint density at radius 2 is 1.90 bits per heavy atom. The minimum absolute atomic E-state index is 0.0431. The normalized spacial score (nSPS) is 22.2. The van der Waals surface area contributed by atoms with Gasteiger partial charge >= 0.3 is 6.18 Å². The number of hydrogen-bond donors (Lipinski definition) is 0. The molecular weight excluding hydrogens is 303 g/mol. The van der Waals surface area contributed by atoms with Gasteiger partial charge in [-0.1, -0.05) is 19.9 Å². The van der Waals surface area contributed by atoms with E-state index in [0.29, 0.717) is 4.88 Å². The summed E-state index contributed by atoms with van der Waals surface area (Å²) < 4.78 is 39.7. The van der Waals surface area contributed by atoms with E-state index in [4.69, 9.17) is 0 Å². The monoisotopic (exact) mass is 315 g/mol. The number of nitrogens with zero attached hydrogens (tertiary/aromatic N) is 1. The third kappa shape index (κ3) is 1.78. The number of aliphatic imine (C=N–C) groups is 1. The van der Waals surface area contributed by atoms with Gasteiger partial charge in [0, 0.05) is 15.3 Å². The van der Waals surface area contributed by atoms with E-state index >= 15 is 0 Å². The minimum atomic E-state index is -4.41. The zero-order valence-electron chi connectivity index (χ0n) is 10.9. The second kappa shape index (κ2) is 4.43. The average Bonchev–Trinajstić information content (AvgIpc) is 3.03. The van der Waals surface area contributed by atoms with Gasteiger partial charge in [0.15, 0.2) is 0 Å². The highest BCUT2D eigenvalue weighted by Crippen LogP contribution is 2.52. The van der Waals surface area contributed by atoms with E-state index in [9.17, 15) is 13.2 Å². The molecule has 20 heavy (non-hydrogen) atoms. The number of hydrogen-bond acceptors (Lipinski definition) is 3. The molecule has 6 heteroatoms. The molecule has 0 unspecified atom stereocenters. The summed E-state index contributed by atoms with van der Waals surface area (Å²) >= 11 is 2.82. The minimum Gasteiger partial charge on any atom is -0.261 e. The lowest BCUT2D eigenvalue weighted by Crippen LogP contribution is -2.28. The molecule has 0 aliphatic carbocycles. The van der Waals surface area contributed by atoms with Crippen molar-refractivity contribution in [3.05, 3.63) is 44.3 Å². The Morgan fingerprint density at radius 1 is 1.15 bits per heavy atom. The highest BCUT2D eigenvalue weighted by molar-refractivity contribution is 7.12. The van der Waals surface area contributed by atoms with Crippen molar-refractivity contribution >= 4 is 28.4 Å². The number of fused-ring (bicyclic) bond motifs is 1. The van der Waals surface area contributed by atoms with Crippen LogP contribution in [0.3, 0.4) is 0 Å². The molecule has 0 N–H and O–H groups in total. The molecule has 3 heterocycles. The van der Waals surface area contributed by atoms with E-state index < -0.39 is 17.4 Å². The molecule has 106 valence electrons. The number of alkyl halides is 3. The fraction of sp³-hybridized carbons (Fsp3) is 0.357. The molecular formula is C14H12F3NS2. The van der Waals surface area contributed by atoms with Crippen molar-refractivity contribution in [3.63, 3.8) is 0 Å². The summed E-state index contributed by atoms with van der Waals surface area (Å²) in [5.41, 5.74) is -1.39. The molecule has 0 bridgehead atoms. The standard InChI is InChI=1S/C14H12F3NS2/c1-8(2)13(10-4-3-6-19-10)12-9(5-7-20-12)11(18-13)14(15,16)17/h3-8H,1-2H3/t13-/m0/s1. The van der Waals surface area contributed by atoms with E-state index in [-0.39, 0.29) is 11.5 Å². The van der Waals surface area contributed by atoms with Crippen molar-refractivity contribution in [1.82, 2.24) is 0 Å². The molecule has 0 saturated carbocycles. The van der Waals surface area contributed by atoms with Crippen molar-refractivity contribution in [1.29, 1.82) is 0 Å². The highest BCUT2D eigenvalue weighted by Gasteiger charge is 2.52. The van der Waals surface area contributed by atoms with Crippen molar-refractivity contribution in [2.45, 2.75) is 25.6 Å². The Balaban J connectivity index is 2.30. The predicted octanol–water partition coefficient (Wildman–Crippen LogP) is 5.07. The van der Waals surface area contributed by atoms with Crippen molar-refractivity contribution < 1.29 is 13.2 Å². The van der Waals surface area contributed by atoms with Gasteiger partial charge in [-0.15, -0.1) is 22.7 Å². The number of halogens is 3. The van der Waals surface area contributed by atoms with E-state index in [0.717, 1.165) is 4.88 Å². The molecule has 1 nitrogen and oxygen atoms in total. The SMILES string of the molecule is CC(C)[C@@]1(c2cccs2)N=C(C(F)(F)F)c2ccsc21. The maximum absolute atomic E-state index is 13.2. The molecule has 0 aromatic carbocycles. The first-order valence-electron chi connectivity index (χ1n) is 6.16. The van der Waals surface area contributed by atoms with Crippen LogP contribution in [0.1, 0.15) is 29.2 Å². The molecule has 0 spiro atoms. The molecule has 1 atom stereocenters. The van der Waals surface area contributed by atoms with Crippen LogP contribution in [0.25, 0.3) is 0 Å². The summed E-state index contributed by atoms with van der Waals surface area (Å²) in [7, 11) is 0. The molecule has 2 aromatic heterocycles. The summed E-state index contributed by atoms with van der Waals surface area (Å²) in [6.45, 7) is 3.85. The van der Waals surface area contributed by atoms with Crippen molar-refractivity contribution in [2.75, 3.05) is 0 Å². The van der Waals surface area contributed by atoms with Gasteiger partial charge < -0.3 is 0 Å². The molecule has 0 radical (unpaired) electrons. The average molecular weight is 315 g/mol. The maximum Gasteiger partial charge on any atom is 0.433 e. The lowest BCUT2D eigenvalue weighted by atomic mass is 9.84. The van der Waals surface area contributed by atoms with Crippen LogP contribution in [-0.2, 0) is 5.54 Å². The summed E-state index contributed by atoms with van der Waals surface area (Å²) in [6.07, 6.45) is -4.41. The Bertz CT molecular complexity index is 652. The maximum atomic E-state index is 13.2. The molecule has 1 aliphatic rings. The molecule has 0 fully saturated rings. The fourth-order valence-corrected chi connectivity index (χ4v) is 4.92. The number of rotatable bonds is 2. The van der Waals surface area contributed by atoms with Crippen LogP contribution in [0, 0.1) is 5.92 Å². The van der Waals surface area contributed by atoms with E-state index in [2.05, 4.69) is 4.99 Å². The lowest BCUT2D eigenvalue weighted by Gasteiger charge is -2.29. The predicted molar refractivity (Wildman–Crippen MR) is 76.8 cm³/mol. The van der Waals surface area contributed by atoms with Crippen LogP contribution >= 0.6 is 22.7 Å².